The summed E-state index contributed by atoms with van der Waals surface area (Å²) in [6, 6.07) is 17.3. The molecule has 0 spiro atoms. The fourth-order valence-electron chi connectivity index (χ4n) is 3.73. The van der Waals surface area contributed by atoms with Crippen molar-refractivity contribution in [3.05, 3.63) is 54.1 Å². The van der Waals surface area contributed by atoms with Crippen LogP contribution in [0, 0.1) is 0 Å². The van der Waals surface area contributed by atoms with Gasteiger partial charge in [-0.25, -0.2) is 4.98 Å². The van der Waals surface area contributed by atoms with Crippen LogP contribution < -0.4 is 10.2 Å². The molecule has 166 valence electrons. The van der Waals surface area contributed by atoms with E-state index in [1.54, 1.807) is 0 Å². The van der Waals surface area contributed by atoms with Crippen molar-refractivity contribution in [3.63, 3.8) is 0 Å². The third kappa shape index (κ3) is 6.55. The molecule has 0 amide bonds. The largest absolute Gasteiger partial charge is 0.372 e. The van der Waals surface area contributed by atoms with Crippen LogP contribution in [0.5, 0.6) is 0 Å². The molecule has 0 unspecified atom stereocenters. The lowest BCUT2D eigenvalue weighted by Gasteiger charge is -2.21. The zero-order chi connectivity index (χ0) is 19.8. The Kier molecular flexibility index (Phi) is 11.7. The summed E-state index contributed by atoms with van der Waals surface area (Å²) in [4.78, 5) is 7.21. The number of rotatable bonds is 11. The Morgan fingerprint density at radius 1 is 0.867 bits per heavy atom. The van der Waals surface area contributed by atoms with Gasteiger partial charge in [-0.1, -0.05) is 50.5 Å². The fraction of sp³-hybridized carbons (Fsp3) is 0.458. The molecule has 0 aliphatic carbocycles. The molecule has 0 fully saturated rings. The average Bonchev–Trinajstić information content (AvgIpc) is 3.09. The van der Waals surface area contributed by atoms with Crippen LogP contribution >= 0.6 is 24.8 Å². The van der Waals surface area contributed by atoms with Crippen LogP contribution in [-0.4, -0.2) is 22.6 Å². The standard InChI is InChI=1S/C24H34N4.2ClH/c1-4-7-8-11-18-28-23-13-10-9-12-22(23)26-24(28)25-19-20-14-16-21(17-15-20)27(5-2)6-3;;/h9-10,12-17H,4-8,11,18-19H2,1-3H3,(H,25,26);2*1H. The van der Waals surface area contributed by atoms with Crippen LogP contribution in [-0.2, 0) is 13.1 Å². The molecule has 30 heavy (non-hydrogen) atoms. The number of hydrogen-bond acceptors (Lipinski definition) is 3. The van der Waals surface area contributed by atoms with E-state index in [0.29, 0.717) is 0 Å². The highest BCUT2D eigenvalue weighted by Crippen LogP contribution is 2.22. The molecule has 0 atom stereocenters. The first-order valence-corrected chi connectivity index (χ1v) is 10.8. The quantitative estimate of drug-likeness (QED) is 0.321. The molecule has 1 N–H and O–H groups in total. The van der Waals surface area contributed by atoms with Crippen molar-refractivity contribution in [3.8, 4) is 0 Å². The van der Waals surface area contributed by atoms with E-state index in [2.05, 4.69) is 84.1 Å². The van der Waals surface area contributed by atoms with E-state index >= 15 is 0 Å². The van der Waals surface area contributed by atoms with Crippen LogP contribution in [0.15, 0.2) is 48.5 Å². The molecule has 0 aliphatic heterocycles. The summed E-state index contributed by atoms with van der Waals surface area (Å²) in [5.74, 6) is 0.977. The Bertz CT molecular complexity index is 857. The Morgan fingerprint density at radius 3 is 2.23 bits per heavy atom. The minimum Gasteiger partial charge on any atom is -0.372 e. The first-order chi connectivity index (χ1) is 13.8. The first-order valence-electron chi connectivity index (χ1n) is 10.8. The number of fused-ring (bicyclic) bond motifs is 1. The third-order valence-corrected chi connectivity index (χ3v) is 5.41. The average molecular weight is 451 g/mol. The zero-order valence-corrected chi connectivity index (χ0v) is 20.1. The van der Waals surface area contributed by atoms with Gasteiger partial charge in [0.2, 0.25) is 5.95 Å². The zero-order valence-electron chi connectivity index (χ0n) is 18.4. The predicted octanol–water partition coefficient (Wildman–Crippen LogP) is 6.92. The summed E-state index contributed by atoms with van der Waals surface area (Å²) < 4.78 is 2.34. The molecule has 0 aliphatic rings. The van der Waals surface area contributed by atoms with Crippen molar-refractivity contribution in [2.24, 2.45) is 0 Å². The molecular formula is C24H36Cl2N4. The van der Waals surface area contributed by atoms with Crippen LogP contribution in [0.4, 0.5) is 11.6 Å². The SMILES string of the molecule is CCCCCCn1c(NCc2ccc(N(CC)CC)cc2)nc2ccccc21.Cl.Cl. The lowest BCUT2D eigenvalue weighted by Crippen LogP contribution is -2.21. The van der Waals surface area contributed by atoms with Crippen molar-refractivity contribution in [1.29, 1.82) is 0 Å². The van der Waals surface area contributed by atoms with Gasteiger partial charge in [-0.2, -0.15) is 0 Å². The van der Waals surface area contributed by atoms with E-state index < -0.39 is 0 Å². The van der Waals surface area contributed by atoms with Gasteiger partial charge in [0.05, 0.1) is 11.0 Å². The summed E-state index contributed by atoms with van der Waals surface area (Å²) in [6.45, 7) is 10.5. The normalized spacial score (nSPS) is 10.4. The maximum absolute atomic E-state index is 4.84. The first kappa shape index (κ1) is 26.1. The van der Waals surface area contributed by atoms with Gasteiger partial charge in [0.1, 0.15) is 0 Å². The second-order valence-electron chi connectivity index (χ2n) is 7.33. The van der Waals surface area contributed by atoms with E-state index in [1.165, 1.54) is 42.5 Å². The van der Waals surface area contributed by atoms with Crippen molar-refractivity contribution >= 4 is 47.5 Å². The number of imidazole rings is 1. The smallest absolute Gasteiger partial charge is 0.204 e. The number of nitrogens with zero attached hydrogens (tertiary/aromatic N) is 3. The third-order valence-electron chi connectivity index (χ3n) is 5.41. The number of anilines is 2. The summed E-state index contributed by atoms with van der Waals surface area (Å²) >= 11 is 0. The highest BCUT2D eigenvalue weighted by atomic mass is 35.5. The molecule has 4 nitrogen and oxygen atoms in total. The van der Waals surface area contributed by atoms with Gasteiger partial charge < -0.3 is 14.8 Å². The van der Waals surface area contributed by atoms with Crippen molar-refractivity contribution in [2.45, 2.75) is 59.5 Å². The van der Waals surface area contributed by atoms with E-state index in [9.17, 15) is 0 Å². The summed E-state index contributed by atoms with van der Waals surface area (Å²) in [5, 5.41) is 3.57. The summed E-state index contributed by atoms with van der Waals surface area (Å²) in [7, 11) is 0. The van der Waals surface area contributed by atoms with E-state index in [-0.39, 0.29) is 24.8 Å². The van der Waals surface area contributed by atoms with Crippen LogP contribution in [0.2, 0.25) is 0 Å². The molecular weight excluding hydrogens is 415 g/mol. The highest BCUT2D eigenvalue weighted by Gasteiger charge is 2.10. The molecule has 1 aromatic heterocycles. The topological polar surface area (TPSA) is 33.1 Å². The van der Waals surface area contributed by atoms with Crippen molar-refractivity contribution in [1.82, 2.24) is 9.55 Å². The van der Waals surface area contributed by atoms with Gasteiger partial charge in [0.15, 0.2) is 0 Å². The van der Waals surface area contributed by atoms with Gasteiger partial charge in [-0.05, 0) is 50.1 Å². The van der Waals surface area contributed by atoms with Gasteiger partial charge in [-0.15, -0.1) is 24.8 Å². The number of hydrogen-bond donors (Lipinski definition) is 1. The Morgan fingerprint density at radius 2 is 1.57 bits per heavy atom. The second kappa shape index (κ2) is 13.4. The molecule has 3 rings (SSSR count). The second-order valence-corrected chi connectivity index (χ2v) is 7.33. The van der Waals surface area contributed by atoms with Crippen molar-refractivity contribution < 1.29 is 0 Å². The molecule has 1 heterocycles. The van der Waals surface area contributed by atoms with Crippen LogP contribution in [0.1, 0.15) is 52.0 Å². The minimum absolute atomic E-state index is 0. The molecule has 0 saturated carbocycles. The molecule has 0 bridgehead atoms. The molecule has 2 aromatic carbocycles. The minimum atomic E-state index is 0. The van der Waals surface area contributed by atoms with Crippen molar-refractivity contribution in [2.75, 3.05) is 23.3 Å². The fourth-order valence-corrected chi connectivity index (χ4v) is 3.73. The van der Waals surface area contributed by atoms with Gasteiger partial charge in [0, 0.05) is 31.9 Å². The number of halogens is 2. The number of unbranched alkanes of at least 4 members (excludes halogenated alkanes) is 3. The molecule has 6 heteroatoms. The summed E-state index contributed by atoms with van der Waals surface area (Å²) in [5.41, 5.74) is 4.85. The van der Waals surface area contributed by atoms with Gasteiger partial charge >= 0.3 is 0 Å². The van der Waals surface area contributed by atoms with E-state index in [4.69, 9.17) is 4.98 Å². The number of aromatic nitrogens is 2. The van der Waals surface area contributed by atoms with E-state index in [1.807, 2.05) is 0 Å². The molecule has 0 radical (unpaired) electrons. The maximum atomic E-state index is 4.84. The molecule has 3 aromatic rings. The number of nitrogens with one attached hydrogen (secondary N) is 1. The van der Waals surface area contributed by atoms with Gasteiger partial charge in [0.25, 0.3) is 0 Å². The Labute approximate surface area is 193 Å². The lowest BCUT2D eigenvalue weighted by atomic mass is 10.2. The highest BCUT2D eigenvalue weighted by molar-refractivity contribution is 5.85. The monoisotopic (exact) mass is 450 g/mol. The van der Waals surface area contributed by atoms with Gasteiger partial charge in [-0.3, -0.25) is 0 Å². The Hall–Kier alpha value is -1.91. The lowest BCUT2D eigenvalue weighted by molar-refractivity contribution is 0.593. The number of benzene rings is 2. The van der Waals surface area contributed by atoms with Crippen LogP contribution in [0.3, 0.4) is 0 Å². The Balaban J connectivity index is 0.00000225. The number of para-hydroxylation sites is 2. The van der Waals surface area contributed by atoms with Crippen LogP contribution in [0.25, 0.3) is 11.0 Å². The predicted molar refractivity (Wildman–Crippen MR) is 136 cm³/mol. The number of aryl methyl sites for hydroxylation is 1. The van der Waals surface area contributed by atoms with E-state index in [0.717, 1.165) is 37.6 Å². The maximum Gasteiger partial charge on any atom is 0.204 e. The summed E-state index contributed by atoms with van der Waals surface area (Å²) in [6.07, 6.45) is 5.03. The molecule has 0 saturated heterocycles.